The second kappa shape index (κ2) is 6.37. The predicted octanol–water partition coefficient (Wildman–Crippen LogP) is -0.0493. The van der Waals surface area contributed by atoms with Crippen molar-refractivity contribution in [2.75, 3.05) is 6.54 Å². The lowest BCUT2D eigenvalue weighted by atomic mass is 10.1. The SMILES string of the molecule is CCC(NCC[C@@H](C)C(=O)O)C(N)=O. The second-order valence-electron chi connectivity index (χ2n) is 3.35. The van der Waals surface area contributed by atoms with E-state index in [-0.39, 0.29) is 6.04 Å². The van der Waals surface area contributed by atoms with E-state index in [0.29, 0.717) is 19.4 Å². The Balaban J connectivity index is 3.71. The Labute approximate surface area is 83.7 Å². The van der Waals surface area contributed by atoms with Crippen molar-refractivity contribution in [3.8, 4) is 0 Å². The molecule has 1 amide bonds. The third-order valence-corrected chi connectivity index (χ3v) is 2.14. The topological polar surface area (TPSA) is 92.4 Å². The van der Waals surface area contributed by atoms with Gasteiger partial charge in [-0.05, 0) is 19.4 Å². The van der Waals surface area contributed by atoms with E-state index in [2.05, 4.69) is 5.32 Å². The van der Waals surface area contributed by atoms with Gasteiger partial charge in [-0.1, -0.05) is 13.8 Å². The Morgan fingerprint density at radius 3 is 2.43 bits per heavy atom. The van der Waals surface area contributed by atoms with Crippen LogP contribution >= 0.6 is 0 Å². The summed E-state index contributed by atoms with van der Waals surface area (Å²) in [6.45, 7) is 3.98. The van der Waals surface area contributed by atoms with Gasteiger partial charge in [0.1, 0.15) is 0 Å². The first kappa shape index (κ1) is 12.9. The molecule has 4 N–H and O–H groups in total. The van der Waals surface area contributed by atoms with Crippen molar-refractivity contribution in [1.29, 1.82) is 0 Å². The zero-order valence-corrected chi connectivity index (χ0v) is 8.62. The van der Waals surface area contributed by atoms with Crippen molar-refractivity contribution in [2.24, 2.45) is 11.7 Å². The van der Waals surface area contributed by atoms with Gasteiger partial charge in [-0.2, -0.15) is 0 Å². The minimum absolute atomic E-state index is 0.351. The maximum absolute atomic E-state index is 10.8. The van der Waals surface area contributed by atoms with Crippen LogP contribution in [-0.2, 0) is 9.59 Å². The normalized spacial score (nSPS) is 14.7. The number of carbonyl (C=O) groups excluding carboxylic acids is 1. The highest BCUT2D eigenvalue weighted by molar-refractivity contribution is 5.79. The number of aliphatic carboxylic acids is 1. The lowest BCUT2D eigenvalue weighted by Gasteiger charge is -2.13. The van der Waals surface area contributed by atoms with Gasteiger partial charge in [-0.3, -0.25) is 9.59 Å². The smallest absolute Gasteiger partial charge is 0.306 e. The molecule has 0 aromatic rings. The van der Waals surface area contributed by atoms with E-state index in [1.807, 2.05) is 6.92 Å². The van der Waals surface area contributed by atoms with E-state index in [1.54, 1.807) is 6.92 Å². The van der Waals surface area contributed by atoms with E-state index in [1.165, 1.54) is 0 Å². The molecule has 0 spiro atoms. The summed E-state index contributed by atoms with van der Waals surface area (Å²) < 4.78 is 0. The van der Waals surface area contributed by atoms with Gasteiger partial charge in [0.15, 0.2) is 0 Å². The van der Waals surface area contributed by atoms with Crippen molar-refractivity contribution in [3.63, 3.8) is 0 Å². The van der Waals surface area contributed by atoms with Crippen LogP contribution < -0.4 is 11.1 Å². The van der Waals surface area contributed by atoms with Crippen molar-refractivity contribution >= 4 is 11.9 Å². The Bertz CT molecular complexity index is 206. The number of hydrogen-bond acceptors (Lipinski definition) is 3. The van der Waals surface area contributed by atoms with Gasteiger partial charge in [0.25, 0.3) is 0 Å². The molecule has 0 saturated heterocycles. The van der Waals surface area contributed by atoms with Gasteiger partial charge in [-0.25, -0.2) is 0 Å². The molecule has 0 rings (SSSR count). The van der Waals surface area contributed by atoms with Crippen LogP contribution in [0.3, 0.4) is 0 Å². The van der Waals surface area contributed by atoms with Crippen LogP contribution in [0.25, 0.3) is 0 Å². The maximum atomic E-state index is 10.8. The highest BCUT2D eigenvalue weighted by Gasteiger charge is 2.14. The summed E-state index contributed by atoms with van der Waals surface area (Å²) in [4.78, 5) is 21.2. The summed E-state index contributed by atoms with van der Waals surface area (Å²) in [5.41, 5.74) is 5.11. The molecular formula is C9H18N2O3. The summed E-state index contributed by atoms with van der Waals surface area (Å²) in [5.74, 6) is -1.61. The summed E-state index contributed by atoms with van der Waals surface area (Å²) in [6, 6.07) is -0.351. The summed E-state index contributed by atoms with van der Waals surface area (Å²) in [5, 5.41) is 11.5. The van der Waals surface area contributed by atoms with Crippen molar-refractivity contribution in [2.45, 2.75) is 32.7 Å². The molecule has 0 heterocycles. The van der Waals surface area contributed by atoms with Crippen LogP contribution in [0.2, 0.25) is 0 Å². The van der Waals surface area contributed by atoms with Gasteiger partial charge in [0.05, 0.1) is 12.0 Å². The van der Waals surface area contributed by atoms with Crippen LogP contribution in [0.5, 0.6) is 0 Å². The molecule has 0 fully saturated rings. The molecule has 0 bridgehead atoms. The number of carboxylic acids is 1. The Morgan fingerprint density at radius 1 is 1.50 bits per heavy atom. The number of carboxylic acid groups (broad SMARTS) is 1. The van der Waals surface area contributed by atoms with Crippen molar-refractivity contribution in [3.05, 3.63) is 0 Å². The third-order valence-electron chi connectivity index (χ3n) is 2.14. The second-order valence-corrected chi connectivity index (χ2v) is 3.35. The quantitative estimate of drug-likeness (QED) is 0.539. The summed E-state index contributed by atoms with van der Waals surface area (Å²) >= 11 is 0. The minimum atomic E-state index is -0.820. The van der Waals surface area contributed by atoms with Crippen molar-refractivity contribution in [1.82, 2.24) is 5.32 Å². The van der Waals surface area contributed by atoms with Gasteiger partial charge < -0.3 is 16.2 Å². The van der Waals surface area contributed by atoms with E-state index in [4.69, 9.17) is 10.8 Å². The molecule has 82 valence electrons. The number of nitrogens with two attached hydrogens (primary N) is 1. The maximum Gasteiger partial charge on any atom is 0.306 e. The monoisotopic (exact) mass is 202 g/mol. The number of hydrogen-bond donors (Lipinski definition) is 3. The number of amides is 1. The number of carbonyl (C=O) groups is 2. The van der Waals surface area contributed by atoms with Crippen LogP contribution in [0, 0.1) is 5.92 Å². The van der Waals surface area contributed by atoms with Crippen LogP contribution in [0.15, 0.2) is 0 Å². The van der Waals surface area contributed by atoms with Crippen LogP contribution in [-0.4, -0.2) is 29.6 Å². The minimum Gasteiger partial charge on any atom is -0.481 e. The third kappa shape index (κ3) is 4.81. The molecule has 1 unspecified atom stereocenters. The molecule has 0 saturated carbocycles. The average Bonchev–Trinajstić information content (AvgIpc) is 2.11. The lowest BCUT2D eigenvalue weighted by Crippen LogP contribution is -2.41. The fourth-order valence-electron chi connectivity index (χ4n) is 1.04. The molecule has 5 nitrogen and oxygen atoms in total. The number of primary amides is 1. The Morgan fingerprint density at radius 2 is 2.07 bits per heavy atom. The van der Waals surface area contributed by atoms with Gasteiger partial charge in [0, 0.05) is 0 Å². The van der Waals surface area contributed by atoms with E-state index in [9.17, 15) is 9.59 Å². The molecular weight excluding hydrogens is 184 g/mol. The molecule has 0 aliphatic heterocycles. The van der Waals surface area contributed by atoms with Gasteiger partial charge >= 0.3 is 5.97 Å². The first-order chi connectivity index (χ1) is 6.49. The van der Waals surface area contributed by atoms with Crippen LogP contribution in [0.4, 0.5) is 0 Å². The molecule has 0 aliphatic rings. The van der Waals surface area contributed by atoms with Crippen LogP contribution in [0.1, 0.15) is 26.7 Å². The molecule has 0 aromatic carbocycles. The molecule has 14 heavy (non-hydrogen) atoms. The van der Waals surface area contributed by atoms with E-state index >= 15 is 0 Å². The first-order valence-electron chi connectivity index (χ1n) is 4.74. The van der Waals surface area contributed by atoms with E-state index < -0.39 is 17.8 Å². The number of rotatable bonds is 7. The highest BCUT2D eigenvalue weighted by atomic mass is 16.4. The summed E-state index contributed by atoms with van der Waals surface area (Å²) in [7, 11) is 0. The lowest BCUT2D eigenvalue weighted by molar-refractivity contribution is -0.141. The summed E-state index contributed by atoms with van der Waals surface area (Å²) in [6.07, 6.45) is 1.12. The van der Waals surface area contributed by atoms with Crippen molar-refractivity contribution < 1.29 is 14.7 Å². The Hall–Kier alpha value is -1.10. The predicted molar refractivity (Wildman–Crippen MR) is 52.7 cm³/mol. The largest absolute Gasteiger partial charge is 0.481 e. The molecule has 2 atom stereocenters. The molecule has 5 heteroatoms. The van der Waals surface area contributed by atoms with Gasteiger partial charge in [-0.15, -0.1) is 0 Å². The zero-order chi connectivity index (χ0) is 11.1. The fourth-order valence-corrected chi connectivity index (χ4v) is 1.04. The first-order valence-corrected chi connectivity index (χ1v) is 4.74. The Kier molecular flexibility index (Phi) is 5.87. The molecule has 0 aliphatic carbocycles. The molecule has 0 radical (unpaired) electrons. The van der Waals surface area contributed by atoms with E-state index in [0.717, 1.165) is 0 Å². The standard InChI is InChI=1S/C9H18N2O3/c1-3-7(8(10)12)11-5-4-6(2)9(13)14/h6-7,11H,3-5H2,1-2H3,(H2,10,12)(H,13,14)/t6-,7?/m1/s1. The van der Waals surface area contributed by atoms with Gasteiger partial charge in [0.2, 0.25) is 5.91 Å². The fraction of sp³-hybridized carbons (Fsp3) is 0.778. The molecule has 0 aromatic heterocycles. The number of nitrogens with one attached hydrogen (secondary N) is 1. The highest BCUT2D eigenvalue weighted by Crippen LogP contribution is 2.00. The zero-order valence-electron chi connectivity index (χ0n) is 8.62. The average molecular weight is 202 g/mol.